The van der Waals surface area contributed by atoms with Gasteiger partial charge in [-0.3, -0.25) is 0 Å². The van der Waals surface area contributed by atoms with E-state index in [0.29, 0.717) is 12.8 Å². The molecule has 192 valence electrons. The van der Waals surface area contributed by atoms with Gasteiger partial charge in [-0.1, -0.05) is 51.1 Å². The third kappa shape index (κ3) is 7.12. The van der Waals surface area contributed by atoms with Crippen molar-refractivity contribution in [3.8, 4) is 0 Å². The highest BCUT2D eigenvalue weighted by Gasteiger charge is 2.36. The molecule has 7 nitrogen and oxygen atoms in total. The van der Waals surface area contributed by atoms with Crippen LogP contribution in [0.15, 0.2) is 35.9 Å². The van der Waals surface area contributed by atoms with Crippen molar-refractivity contribution in [2.75, 3.05) is 20.8 Å². The van der Waals surface area contributed by atoms with Crippen LogP contribution in [0, 0.1) is 5.92 Å². The van der Waals surface area contributed by atoms with E-state index in [1.807, 2.05) is 44.2 Å². The molecule has 34 heavy (non-hydrogen) atoms. The number of benzene rings is 1. The van der Waals surface area contributed by atoms with Crippen molar-refractivity contribution in [3.05, 3.63) is 47.0 Å². The number of cyclic esters (lactones) is 1. The summed E-state index contributed by atoms with van der Waals surface area (Å²) in [5.74, 6) is -0.951. The van der Waals surface area contributed by atoms with Crippen LogP contribution in [0.4, 0.5) is 0 Å². The molecule has 0 saturated heterocycles. The Hall–Kier alpha value is -1.77. The predicted octanol–water partition coefficient (Wildman–Crippen LogP) is 2.93. The third-order valence-corrected chi connectivity index (χ3v) is 7.12. The SMILES string of the molecule is CC[C@H](/C=C(/C)C1C[C@@H](OC)C[C@H](OC)C(C)(C)c2cccc(c2)C[C@@H](O)[C@H](O)C(=O)O1)CO. The number of hydrogen-bond acceptors (Lipinski definition) is 7. The summed E-state index contributed by atoms with van der Waals surface area (Å²) in [5.41, 5.74) is 2.25. The van der Waals surface area contributed by atoms with Crippen LogP contribution < -0.4 is 0 Å². The van der Waals surface area contributed by atoms with E-state index in [-0.39, 0.29) is 36.6 Å². The molecular weight excluding hydrogens is 436 g/mol. The molecule has 0 spiro atoms. The predicted molar refractivity (Wildman–Crippen MR) is 131 cm³/mol. The van der Waals surface area contributed by atoms with E-state index in [0.717, 1.165) is 23.1 Å². The molecule has 7 heteroatoms. The van der Waals surface area contributed by atoms with Gasteiger partial charge in [-0.05, 0) is 30.0 Å². The van der Waals surface area contributed by atoms with Gasteiger partial charge in [0.25, 0.3) is 0 Å². The number of carbonyl (C=O) groups excluding carboxylic acids is 1. The molecule has 0 aliphatic carbocycles. The molecule has 3 N–H and O–H groups in total. The second-order valence-electron chi connectivity index (χ2n) is 9.88. The highest BCUT2D eigenvalue weighted by Crippen LogP contribution is 2.34. The smallest absolute Gasteiger partial charge is 0.338 e. The van der Waals surface area contributed by atoms with Gasteiger partial charge in [0.2, 0.25) is 0 Å². The number of fused-ring (bicyclic) bond motifs is 2. The van der Waals surface area contributed by atoms with E-state index in [1.165, 1.54) is 0 Å². The molecule has 1 unspecified atom stereocenters. The van der Waals surface area contributed by atoms with Crippen LogP contribution in [0.5, 0.6) is 0 Å². The molecule has 1 aromatic carbocycles. The highest BCUT2D eigenvalue weighted by atomic mass is 16.6. The third-order valence-electron chi connectivity index (χ3n) is 7.12. The maximum Gasteiger partial charge on any atom is 0.338 e. The fraction of sp³-hybridized carbons (Fsp3) is 0.667. The topological polar surface area (TPSA) is 105 Å². The van der Waals surface area contributed by atoms with Gasteiger partial charge in [-0.25, -0.2) is 4.79 Å². The zero-order valence-electron chi connectivity index (χ0n) is 21.4. The number of carbonyl (C=O) groups is 1. The normalized spacial score (nSPS) is 29.7. The molecule has 2 rings (SSSR count). The monoisotopic (exact) mass is 478 g/mol. The van der Waals surface area contributed by atoms with Gasteiger partial charge >= 0.3 is 5.97 Å². The van der Waals surface area contributed by atoms with Crippen LogP contribution in [0.1, 0.15) is 58.1 Å². The molecule has 0 saturated carbocycles. The lowest BCUT2D eigenvalue weighted by atomic mass is 9.76. The number of aliphatic hydroxyl groups excluding tert-OH is 3. The van der Waals surface area contributed by atoms with Crippen molar-refractivity contribution >= 4 is 5.97 Å². The number of esters is 1. The van der Waals surface area contributed by atoms with E-state index < -0.39 is 24.3 Å². The van der Waals surface area contributed by atoms with Crippen LogP contribution >= 0.6 is 0 Å². The van der Waals surface area contributed by atoms with Crippen LogP contribution in [0.2, 0.25) is 0 Å². The Morgan fingerprint density at radius 2 is 1.94 bits per heavy atom. The molecule has 1 heterocycles. The van der Waals surface area contributed by atoms with Crippen molar-refractivity contribution in [2.24, 2.45) is 5.92 Å². The van der Waals surface area contributed by atoms with Gasteiger partial charge in [0, 0.05) is 51.4 Å². The van der Waals surface area contributed by atoms with Gasteiger partial charge < -0.3 is 29.5 Å². The lowest BCUT2D eigenvalue weighted by Crippen LogP contribution is -2.42. The zero-order valence-corrected chi connectivity index (χ0v) is 21.4. The highest BCUT2D eigenvalue weighted by molar-refractivity contribution is 5.75. The van der Waals surface area contributed by atoms with E-state index >= 15 is 0 Å². The number of rotatable bonds is 6. The maximum absolute atomic E-state index is 12.8. The van der Waals surface area contributed by atoms with Crippen molar-refractivity contribution in [1.29, 1.82) is 0 Å². The summed E-state index contributed by atoms with van der Waals surface area (Å²) in [6, 6.07) is 7.78. The number of aliphatic hydroxyl groups is 3. The van der Waals surface area contributed by atoms with Crippen LogP contribution in [0.3, 0.4) is 0 Å². The van der Waals surface area contributed by atoms with E-state index in [2.05, 4.69) is 13.8 Å². The minimum absolute atomic E-state index is 0.0127. The van der Waals surface area contributed by atoms with Crippen molar-refractivity contribution in [2.45, 2.75) is 89.3 Å². The van der Waals surface area contributed by atoms with Gasteiger partial charge in [-0.15, -0.1) is 0 Å². The average Bonchev–Trinajstić information content (AvgIpc) is 2.82. The minimum atomic E-state index is -1.68. The van der Waals surface area contributed by atoms with Crippen LogP contribution in [0.25, 0.3) is 0 Å². The Labute approximate surface area is 203 Å². The molecule has 1 aromatic rings. The molecule has 6 atom stereocenters. The molecule has 2 bridgehead atoms. The van der Waals surface area contributed by atoms with Crippen LogP contribution in [-0.4, -0.2) is 72.6 Å². The first-order valence-corrected chi connectivity index (χ1v) is 12.1. The largest absolute Gasteiger partial charge is 0.456 e. The van der Waals surface area contributed by atoms with Crippen molar-refractivity contribution < 1.29 is 34.3 Å². The number of methoxy groups -OCH3 is 2. The molecule has 1 aliphatic heterocycles. The molecule has 0 aromatic heterocycles. The second-order valence-corrected chi connectivity index (χ2v) is 9.88. The van der Waals surface area contributed by atoms with E-state index in [4.69, 9.17) is 14.2 Å². The fourth-order valence-corrected chi connectivity index (χ4v) is 4.56. The molecule has 0 amide bonds. The van der Waals surface area contributed by atoms with E-state index in [1.54, 1.807) is 14.2 Å². The van der Waals surface area contributed by atoms with E-state index in [9.17, 15) is 20.1 Å². The Kier molecular flexibility index (Phi) is 10.7. The summed E-state index contributed by atoms with van der Waals surface area (Å²) in [7, 11) is 3.30. The van der Waals surface area contributed by atoms with Crippen molar-refractivity contribution in [3.63, 3.8) is 0 Å². The lowest BCUT2D eigenvalue weighted by molar-refractivity contribution is -0.165. The number of ether oxygens (including phenoxy) is 3. The maximum atomic E-state index is 12.8. The molecule has 0 fully saturated rings. The van der Waals surface area contributed by atoms with Gasteiger partial charge in [-0.2, -0.15) is 0 Å². The van der Waals surface area contributed by atoms with Gasteiger partial charge in [0.05, 0.1) is 18.3 Å². The minimum Gasteiger partial charge on any atom is -0.456 e. The summed E-state index contributed by atoms with van der Waals surface area (Å²) in [6.07, 6.45) is -0.486. The summed E-state index contributed by atoms with van der Waals surface area (Å²) >= 11 is 0. The first-order chi connectivity index (χ1) is 16.1. The Balaban J connectivity index is 2.50. The molecule has 1 aliphatic rings. The first-order valence-electron chi connectivity index (χ1n) is 12.1. The van der Waals surface area contributed by atoms with Gasteiger partial charge in [0.15, 0.2) is 6.10 Å². The molecule has 0 radical (unpaired) electrons. The van der Waals surface area contributed by atoms with Crippen LogP contribution in [-0.2, 0) is 30.8 Å². The molecular formula is C27H42O7. The standard InChI is InChI=1S/C27H42O7/c1-7-18(16-28)11-17(2)23-14-21(32-5)15-24(33-6)27(3,4)20-10-8-9-19(12-20)13-22(29)25(30)26(31)34-23/h8-12,18,21-25,28-30H,7,13-16H2,1-6H3/b17-11-/t18-,21-,22-,23?,24+,25+/m1/s1. The number of hydrogen-bond donors (Lipinski definition) is 3. The summed E-state index contributed by atoms with van der Waals surface area (Å²) in [6.45, 7) is 8.03. The quantitative estimate of drug-likeness (QED) is 0.426. The Morgan fingerprint density at radius 1 is 1.24 bits per heavy atom. The van der Waals surface area contributed by atoms with Gasteiger partial charge in [0.1, 0.15) is 6.10 Å². The van der Waals surface area contributed by atoms with Crippen molar-refractivity contribution in [1.82, 2.24) is 0 Å². The summed E-state index contributed by atoms with van der Waals surface area (Å²) in [4.78, 5) is 12.8. The first kappa shape index (κ1) is 28.5. The fourth-order valence-electron chi connectivity index (χ4n) is 4.56. The summed E-state index contributed by atoms with van der Waals surface area (Å²) in [5, 5.41) is 30.8. The second kappa shape index (κ2) is 12.8. The Bertz CT molecular complexity index is 815. The Morgan fingerprint density at radius 3 is 2.53 bits per heavy atom. The average molecular weight is 479 g/mol. The summed E-state index contributed by atoms with van der Waals surface area (Å²) < 4.78 is 17.4. The zero-order chi connectivity index (χ0) is 25.5. The lowest BCUT2D eigenvalue weighted by Gasteiger charge is -2.37.